The van der Waals surface area contributed by atoms with Crippen LogP contribution in [0.3, 0.4) is 0 Å². The summed E-state index contributed by atoms with van der Waals surface area (Å²) < 4.78 is 11.6. The summed E-state index contributed by atoms with van der Waals surface area (Å²) in [4.78, 5) is 0. The van der Waals surface area contributed by atoms with Gasteiger partial charge in [0.1, 0.15) is 31.0 Å². The third-order valence-corrected chi connectivity index (χ3v) is 3.77. The Bertz CT molecular complexity index is 310. The molecule has 1 fully saturated rings. The number of likely N-dealkylation sites (N-methyl/N-ethyl adjacent to an activating group) is 1. The van der Waals surface area contributed by atoms with Crippen molar-refractivity contribution in [1.82, 2.24) is 5.32 Å². The van der Waals surface area contributed by atoms with Crippen LogP contribution >= 0.6 is 0 Å². The maximum Gasteiger partial charge on any atom is 0.115 e. The van der Waals surface area contributed by atoms with Gasteiger partial charge in [-0.15, -0.1) is 0 Å². The number of aliphatic hydroxyl groups excluding tert-OH is 3. The summed E-state index contributed by atoms with van der Waals surface area (Å²) in [6.45, 7) is 2.61. The molecule has 126 valence electrons. The molecular weight excluding hydrogens is 276 g/mol. The Kier molecular flexibility index (Phi) is 6.99. The molecule has 0 amide bonds. The zero-order chi connectivity index (χ0) is 16.2. The molecule has 4 N–H and O–H groups in total. The van der Waals surface area contributed by atoms with Gasteiger partial charge in [0.2, 0.25) is 0 Å². The van der Waals surface area contributed by atoms with Crippen LogP contribution in [0.4, 0.5) is 0 Å². The summed E-state index contributed by atoms with van der Waals surface area (Å²) >= 11 is 0. The number of nitrogens with zero attached hydrogens (tertiary/aromatic N) is 1. The van der Waals surface area contributed by atoms with E-state index in [0.717, 1.165) is 0 Å². The second-order valence-electron chi connectivity index (χ2n) is 6.81. The molecule has 1 aliphatic heterocycles. The lowest BCUT2D eigenvalue weighted by Gasteiger charge is -2.43. The average molecular weight is 307 g/mol. The van der Waals surface area contributed by atoms with Crippen molar-refractivity contribution in [1.29, 1.82) is 0 Å². The lowest BCUT2D eigenvalue weighted by molar-refractivity contribution is -0.873. The van der Waals surface area contributed by atoms with Gasteiger partial charge >= 0.3 is 0 Å². The highest BCUT2D eigenvalue weighted by molar-refractivity contribution is 4.95. The Hall–Kier alpha value is -0.280. The number of methoxy groups -OCH3 is 1. The van der Waals surface area contributed by atoms with E-state index in [0.29, 0.717) is 17.6 Å². The van der Waals surface area contributed by atoms with Crippen LogP contribution in [0.25, 0.3) is 0 Å². The summed E-state index contributed by atoms with van der Waals surface area (Å²) in [5.41, 5.74) is 0. The van der Waals surface area contributed by atoms with Crippen LogP contribution in [0.15, 0.2) is 0 Å². The van der Waals surface area contributed by atoms with Crippen molar-refractivity contribution in [2.45, 2.75) is 43.5 Å². The highest BCUT2D eigenvalue weighted by atomic mass is 16.6. The van der Waals surface area contributed by atoms with Gasteiger partial charge in [-0.3, -0.25) is 0 Å². The normalized spacial score (nSPS) is 35.7. The zero-order valence-corrected chi connectivity index (χ0v) is 13.7. The number of rotatable bonds is 7. The van der Waals surface area contributed by atoms with Crippen molar-refractivity contribution < 1.29 is 29.3 Å². The van der Waals surface area contributed by atoms with E-state index in [-0.39, 0.29) is 18.8 Å². The monoisotopic (exact) mass is 307 g/mol. The van der Waals surface area contributed by atoms with E-state index in [1.807, 2.05) is 28.1 Å². The molecule has 1 aliphatic rings. The quantitative estimate of drug-likeness (QED) is 0.414. The summed E-state index contributed by atoms with van der Waals surface area (Å²) in [7, 11) is 7.52. The summed E-state index contributed by atoms with van der Waals surface area (Å²) in [6.07, 6.45) is -2.71. The Morgan fingerprint density at radius 2 is 1.95 bits per heavy atom. The second kappa shape index (κ2) is 7.82. The molecule has 0 aromatic heterocycles. The van der Waals surface area contributed by atoms with Crippen LogP contribution in [0.5, 0.6) is 0 Å². The molecule has 0 bridgehead atoms. The molecular formula is C14H31N2O5+. The first kappa shape index (κ1) is 18.8. The van der Waals surface area contributed by atoms with Gasteiger partial charge in [0.25, 0.3) is 0 Å². The Morgan fingerprint density at radius 3 is 2.43 bits per heavy atom. The second-order valence-corrected chi connectivity index (χ2v) is 6.81. The van der Waals surface area contributed by atoms with Crippen LogP contribution in [0, 0.1) is 0 Å². The molecule has 1 rings (SSSR count). The van der Waals surface area contributed by atoms with Crippen molar-refractivity contribution in [2.24, 2.45) is 0 Å². The molecule has 21 heavy (non-hydrogen) atoms. The van der Waals surface area contributed by atoms with Gasteiger partial charge in [-0.2, -0.15) is 0 Å². The average Bonchev–Trinajstić information content (AvgIpc) is 2.35. The summed E-state index contributed by atoms with van der Waals surface area (Å²) in [5, 5.41) is 32.9. The van der Waals surface area contributed by atoms with Crippen LogP contribution in [0.2, 0.25) is 0 Å². The lowest BCUT2D eigenvalue weighted by atomic mass is 9.93. The minimum atomic E-state index is -0.799. The van der Waals surface area contributed by atoms with Crippen molar-refractivity contribution >= 4 is 0 Å². The number of hydrogen-bond acceptors (Lipinski definition) is 6. The number of nitrogens with one attached hydrogen (secondary N) is 1. The molecule has 0 aromatic carbocycles. The molecule has 6 unspecified atom stereocenters. The van der Waals surface area contributed by atoms with Crippen LogP contribution < -0.4 is 5.32 Å². The minimum Gasteiger partial charge on any atom is -0.394 e. The number of ether oxygens (including phenoxy) is 2. The third kappa shape index (κ3) is 5.45. The lowest BCUT2D eigenvalue weighted by Crippen LogP contribution is -2.64. The van der Waals surface area contributed by atoms with E-state index in [2.05, 4.69) is 5.32 Å². The molecule has 1 heterocycles. The predicted molar refractivity (Wildman–Crippen MR) is 78.9 cm³/mol. The van der Waals surface area contributed by atoms with E-state index in [4.69, 9.17) is 9.47 Å². The fourth-order valence-electron chi connectivity index (χ4n) is 2.83. The van der Waals surface area contributed by atoms with Crippen molar-refractivity contribution in [3.05, 3.63) is 0 Å². The predicted octanol–water partition coefficient (Wildman–Crippen LogP) is -1.83. The summed E-state index contributed by atoms with van der Waals surface area (Å²) in [5.74, 6) is 0. The summed E-state index contributed by atoms with van der Waals surface area (Å²) in [6, 6.07) is -0.347. The zero-order valence-electron chi connectivity index (χ0n) is 13.7. The first-order valence-corrected chi connectivity index (χ1v) is 7.38. The SMILES string of the molecule is COC1C(CO)OC(C)C(NCC(O)C[N+](C)(C)C)C1O. The molecule has 7 heteroatoms. The molecule has 0 aliphatic carbocycles. The standard InChI is InChI=1S/C14H31N2O5/c1-9-12(15-6-10(18)7-16(2,3)4)13(19)14(20-5)11(8-17)21-9/h9-15,17-19H,6-8H2,1-5H3/q+1. The fraction of sp³-hybridized carbons (Fsp3) is 1.00. The Balaban J connectivity index is 2.57. The molecule has 0 saturated carbocycles. The first-order valence-electron chi connectivity index (χ1n) is 7.38. The molecule has 6 atom stereocenters. The van der Waals surface area contributed by atoms with Gasteiger partial charge in [-0.05, 0) is 6.92 Å². The molecule has 1 saturated heterocycles. The third-order valence-electron chi connectivity index (χ3n) is 3.77. The van der Waals surface area contributed by atoms with Crippen LogP contribution in [-0.4, -0.2) is 104 Å². The van der Waals surface area contributed by atoms with E-state index in [1.165, 1.54) is 7.11 Å². The van der Waals surface area contributed by atoms with Crippen molar-refractivity contribution in [3.8, 4) is 0 Å². The Labute approximate surface area is 127 Å². The van der Waals surface area contributed by atoms with Gasteiger partial charge in [0.05, 0.1) is 39.9 Å². The van der Waals surface area contributed by atoms with Crippen LogP contribution in [-0.2, 0) is 9.47 Å². The molecule has 0 radical (unpaired) electrons. The minimum absolute atomic E-state index is 0.198. The van der Waals surface area contributed by atoms with Gasteiger partial charge in [0.15, 0.2) is 0 Å². The van der Waals surface area contributed by atoms with Gasteiger partial charge < -0.3 is 34.6 Å². The van der Waals surface area contributed by atoms with E-state index in [9.17, 15) is 15.3 Å². The maximum absolute atomic E-state index is 10.4. The van der Waals surface area contributed by atoms with Gasteiger partial charge in [-0.1, -0.05) is 0 Å². The Morgan fingerprint density at radius 1 is 1.33 bits per heavy atom. The van der Waals surface area contributed by atoms with Gasteiger partial charge in [0, 0.05) is 13.7 Å². The van der Waals surface area contributed by atoms with E-state index in [1.54, 1.807) is 0 Å². The van der Waals surface area contributed by atoms with Crippen LogP contribution in [0.1, 0.15) is 6.92 Å². The first-order chi connectivity index (χ1) is 9.69. The highest BCUT2D eigenvalue weighted by Crippen LogP contribution is 2.22. The van der Waals surface area contributed by atoms with Gasteiger partial charge in [-0.25, -0.2) is 0 Å². The van der Waals surface area contributed by atoms with E-state index >= 15 is 0 Å². The molecule has 7 nitrogen and oxygen atoms in total. The maximum atomic E-state index is 10.4. The smallest absolute Gasteiger partial charge is 0.115 e. The fourth-order valence-corrected chi connectivity index (χ4v) is 2.83. The number of hydrogen-bond donors (Lipinski definition) is 4. The molecule has 0 aromatic rings. The number of aliphatic hydroxyl groups is 3. The topological polar surface area (TPSA) is 91.2 Å². The molecule has 0 spiro atoms. The highest BCUT2D eigenvalue weighted by Gasteiger charge is 2.43. The van der Waals surface area contributed by atoms with E-state index < -0.39 is 24.4 Å². The number of quaternary nitrogens is 1. The van der Waals surface area contributed by atoms with Crippen molar-refractivity contribution in [2.75, 3.05) is 47.9 Å². The van der Waals surface area contributed by atoms with Crippen molar-refractivity contribution in [3.63, 3.8) is 0 Å². The largest absolute Gasteiger partial charge is 0.394 e.